The van der Waals surface area contributed by atoms with Crippen molar-refractivity contribution >= 4 is 29.3 Å². The van der Waals surface area contributed by atoms with Crippen LogP contribution in [0.5, 0.6) is 5.75 Å². The van der Waals surface area contributed by atoms with Crippen molar-refractivity contribution in [3.63, 3.8) is 0 Å². The number of hydrogen-bond acceptors (Lipinski definition) is 6. The molecule has 1 aromatic heterocycles. The predicted octanol–water partition coefficient (Wildman–Crippen LogP) is 2.82. The highest BCUT2D eigenvalue weighted by Crippen LogP contribution is 2.20. The van der Waals surface area contributed by atoms with Crippen molar-refractivity contribution in [2.24, 2.45) is 0 Å². The Balaban J connectivity index is 1.54. The summed E-state index contributed by atoms with van der Waals surface area (Å²) >= 11 is 1.20. The number of benzene rings is 2. The molecule has 0 saturated heterocycles. The number of carbonyl (C=O) groups is 2. The lowest BCUT2D eigenvalue weighted by molar-refractivity contribution is -0.122. The van der Waals surface area contributed by atoms with Crippen LogP contribution in [0.1, 0.15) is 18.2 Å². The molecular formula is C23H26N4O4S. The Kier molecular flexibility index (Phi) is 8.70. The van der Waals surface area contributed by atoms with E-state index in [1.54, 1.807) is 28.8 Å². The Morgan fingerprint density at radius 3 is 2.53 bits per heavy atom. The Bertz CT molecular complexity index is 1020. The number of rotatable bonds is 11. The number of nitrogens with zero attached hydrogens (tertiary/aromatic N) is 2. The van der Waals surface area contributed by atoms with Crippen LogP contribution in [0.25, 0.3) is 0 Å². The molecule has 168 valence electrons. The smallest absolute Gasteiger partial charge is 0.240 e. The van der Waals surface area contributed by atoms with Gasteiger partial charge in [-0.1, -0.05) is 42.1 Å². The van der Waals surface area contributed by atoms with Crippen molar-refractivity contribution in [1.29, 1.82) is 0 Å². The van der Waals surface area contributed by atoms with Crippen molar-refractivity contribution in [3.8, 4) is 5.75 Å². The van der Waals surface area contributed by atoms with Crippen LogP contribution in [-0.2, 0) is 29.3 Å². The first-order valence-electron chi connectivity index (χ1n) is 10.2. The number of thioether (sulfide) groups is 1. The Labute approximate surface area is 191 Å². The fourth-order valence-electron chi connectivity index (χ4n) is 2.93. The summed E-state index contributed by atoms with van der Waals surface area (Å²) in [6, 6.07) is 16.7. The number of imidazole rings is 1. The van der Waals surface area contributed by atoms with E-state index in [9.17, 15) is 14.7 Å². The summed E-state index contributed by atoms with van der Waals surface area (Å²) in [5, 5.41) is 15.8. The lowest BCUT2D eigenvalue weighted by Crippen LogP contribution is -2.28. The molecule has 2 amide bonds. The molecule has 32 heavy (non-hydrogen) atoms. The van der Waals surface area contributed by atoms with E-state index in [2.05, 4.69) is 15.6 Å². The van der Waals surface area contributed by atoms with E-state index in [0.29, 0.717) is 29.7 Å². The minimum atomic E-state index is -0.252. The van der Waals surface area contributed by atoms with Gasteiger partial charge in [-0.05, 0) is 36.8 Å². The molecule has 0 atom stereocenters. The lowest BCUT2D eigenvalue weighted by atomic mass is 10.2. The third-order valence-electron chi connectivity index (χ3n) is 4.48. The number of nitrogens with one attached hydrogen (secondary N) is 2. The summed E-state index contributed by atoms with van der Waals surface area (Å²) in [5.41, 5.74) is 2.17. The minimum Gasteiger partial charge on any atom is -0.494 e. The summed E-state index contributed by atoms with van der Waals surface area (Å²) in [4.78, 5) is 29.0. The second kappa shape index (κ2) is 11.9. The van der Waals surface area contributed by atoms with E-state index in [1.165, 1.54) is 18.0 Å². The highest BCUT2D eigenvalue weighted by Gasteiger charge is 2.15. The van der Waals surface area contributed by atoms with E-state index in [1.807, 2.05) is 37.3 Å². The van der Waals surface area contributed by atoms with Crippen LogP contribution < -0.4 is 15.4 Å². The highest BCUT2D eigenvalue weighted by molar-refractivity contribution is 7.99. The Morgan fingerprint density at radius 1 is 1.09 bits per heavy atom. The molecule has 0 aliphatic carbocycles. The number of amides is 2. The molecular weight excluding hydrogens is 428 g/mol. The number of ether oxygens (including phenoxy) is 1. The van der Waals surface area contributed by atoms with Gasteiger partial charge in [-0.2, -0.15) is 0 Å². The first-order chi connectivity index (χ1) is 15.6. The minimum absolute atomic E-state index is 0.00553. The monoisotopic (exact) mass is 454 g/mol. The number of anilines is 1. The zero-order valence-corrected chi connectivity index (χ0v) is 18.6. The van der Waals surface area contributed by atoms with Crippen LogP contribution in [0.15, 0.2) is 66.0 Å². The molecule has 2 aromatic carbocycles. The van der Waals surface area contributed by atoms with E-state index in [4.69, 9.17) is 4.74 Å². The molecule has 0 bridgehead atoms. The Hall–Kier alpha value is -3.30. The second-order valence-electron chi connectivity index (χ2n) is 6.83. The van der Waals surface area contributed by atoms with Gasteiger partial charge in [-0.25, -0.2) is 4.98 Å². The lowest BCUT2D eigenvalue weighted by Gasteiger charge is -2.11. The fourth-order valence-corrected chi connectivity index (χ4v) is 3.72. The van der Waals surface area contributed by atoms with Gasteiger partial charge in [0.05, 0.1) is 30.9 Å². The number of hydrogen-bond donors (Lipinski definition) is 3. The number of carbonyl (C=O) groups excluding carboxylic acids is 2. The van der Waals surface area contributed by atoms with Crippen LogP contribution in [0, 0.1) is 0 Å². The maximum absolute atomic E-state index is 12.4. The van der Waals surface area contributed by atoms with Gasteiger partial charge in [0.2, 0.25) is 11.8 Å². The quantitative estimate of drug-likeness (QED) is 0.385. The summed E-state index contributed by atoms with van der Waals surface area (Å²) in [6.07, 6.45) is 1.51. The first-order valence-corrected chi connectivity index (χ1v) is 11.2. The van der Waals surface area contributed by atoms with Gasteiger partial charge in [-0.15, -0.1) is 0 Å². The summed E-state index contributed by atoms with van der Waals surface area (Å²) < 4.78 is 7.01. The molecule has 1 heterocycles. The van der Waals surface area contributed by atoms with Crippen molar-refractivity contribution in [2.45, 2.75) is 31.8 Å². The molecule has 0 aliphatic rings. The van der Waals surface area contributed by atoms with Crippen LogP contribution in [0.4, 0.5) is 5.69 Å². The van der Waals surface area contributed by atoms with Crippen molar-refractivity contribution in [3.05, 3.63) is 72.1 Å². The van der Waals surface area contributed by atoms with Gasteiger partial charge in [0.15, 0.2) is 5.16 Å². The van der Waals surface area contributed by atoms with E-state index in [-0.39, 0.29) is 30.7 Å². The van der Waals surface area contributed by atoms with Gasteiger partial charge in [0, 0.05) is 12.2 Å². The van der Waals surface area contributed by atoms with Gasteiger partial charge < -0.3 is 25.0 Å². The fraction of sp³-hybridized carbons (Fsp3) is 0.261. The summed E-state index contributed by atoms with van der Waals surface area (Å²) in [6.45, 7) is 2.65. The van der Waals surface area contributed by atoms with Gasteiger partial charge in [0.1, 0.15) is 12.3 Å². The second-order valence-corrected chi connectivity index (χ2v) is 7.78. The molecule has 3 aromatic rings. The highest BCUT2D eigenvalue weighted by atomic mass is 32.2. The maximum atomic E-state index is 12.4. The van der Waals surface area contributed by atoms with Crippen LogP contribution in [0.2, 0.25) is 0 Å². The molecule has 3 N–H and O–H groups in total. The topological polar surface area (TPSA) is 105 Å². The Morgan fingerprint density at radius 2 is 1.84 bits per heavy atom. The molecule has 0 unspecified atom stereocenters. The predicted molar refractivity (Wildman–Crippen MR) is 123 cm³/mol. The average molecular weight is 455 g/mol. The van der Waals surface area contributed by atoms with E-state index in [0.717, 1.165) is 11.3 Å². The molecule has 8 nitrogen and oxygen atoms in total. The molecule has 3 rings (SSSR count). The van der Waals surface area contributed by atoms with Crippen molar-refractivity contribution in [2.75, 3.05) is 17.7 Å². The first kappa shape index (κ1) is 23.4. The maximum Gasteiger partial charge on any atom is 0.240 e. The number of aromatic nitrogens is 2. The van der Waals surface area contributed by atoms with Crippen molar-refractivity contribution in [1.82, 2.24) is 14.9 Å². The zero-order valence-electron chi connectivity index (χ0n) is 17.8. The molecule has 0 saturated carbocycles. The van der Waals surface area contributed by atoms with E-state index < -0.39 is 0 Å². The molecule has 9 heteroatoms. The van der Waals surface area contributed by atoms with Gasteiger partial charge >= 0.3 is 0 Å². The molecule has 0 fully saturated rings. The zero-order chi connectivity index (χ0) is 22.8. The standard InChI is InChI=1S/C23H26N4O4S/c1-2-31-20-10-8-18(9-11-20)26-22(30)16-32-23-25-13-19(15-28)27(23)14-21(29)24-12-17-6-4-3-5-7-17/h3-11,13,28H,2,12,14-16H2,1H3,(H,24,29)(H,26,30). The normalized spacial score (nSPS) is 10.6. The SMILES string of the molecule is CCOc1ccc(NC(=O)CSc2ncc(CO)n2CC(=O)NCc2ccccc2)cc1. The van der Waals surface area contributed by atoms with E-state index >= 15 is 0 Å². The third kappa shape index (κ3) is 6.86. The van der Waals surface area contributed by atoms with Crippen LogP contribution in [0.3, 0.4) is 0 Å². The summed E-state index contributed by atoms with van der Waals surface area (Å²) in [5.74, 6) is 0.444. The van der Waals surface area contributed by atoms with Gasteiger partial charge in [-0.3, -0.25) is 9.59 Å². The van der Waals surface area contributed by atoms with Crippen LogP contribution >= 0.6 is 11.8 Å². The average Bonchev–Trinajstić information content (AvgIpc) is 3.20. The van der Waals surface area contributed by atoms with Gasteiger partial charge in [0.25, 0.3) is 0 Å². The number of aliphatic hydroxyl groups excluding tert-OH is 1. The molecule has 0 aliphatic heterocycles. The van der Waals surface area contributed by atoms with Crippen molar-refractivity contribution < 1.29 is 19.4 Å². The largest absolute Gasteiger partial charge is 0.494 e. The summed E-state index contributed by atoms with van der Waals surface area (Å²) in [7, 11) is 0. The number of aliphatic hydroxyl groups is 1. The molecule has 0 radical (unpaired) electrons. The van der Waals surface area contributed by atoms with Crippen LogP contribution in [-0.4, -0.2) is 38.8 Å². The third-order valence-corrected chi connectivity index (χ3v) is 5.47. The molecule has 0 spiro atoms.